The number of hydrogen-bond acceptors (Lipinski definition) is 4. The van der Waals surface area contributed by atoms with E-state index in [1.807, 2.05) is 0 Å². The van der Waals surface area contributed by atoms with E-state index in [4.69, 9.17) is 0 Å². The summed E-state index contributed by atoms with van der Waals surface area (Å²) in [6, 6.07) is 8.77. The van der Waals surface area contributed by atoms with Gasteiger partial charge in [0.1, 0.15) is 5.82 Å². The highest BCUT2D eigenvalue weighted by Gasteiger charge is 2.24. The van der Waals surface area contributed by atoms with Crippen LogP contribution in [0.4, 0.5) is 18.9 Å². The van der Waals surface area contributed by atoms with E-state index < -0.39 is 33.1 Å². The summed E-state index contributed by atoms with van der Waals surface area (Å²) >= 11 is 0.239. The molecule has 0 heterocycles. The molecule has 0 atom stereocenters. The SMILES string of the molecule is CCN(CC)S(=O)(=O)c1ccc(F)c(C(=O)Nc2ccccc2SC(F)F)c1. The maximum atomic E-state index is 14.2. The van der Waals surface area contributed by atoms with Crippen molar-refractivity contribution in [1.82, 2.24) is 4.31 Å². The standard InChI is InChI=1S/C18H19F3N2O3S2/c1-3-23(4-2)28(25,26)12-9-10-14(19)13(11-12)17(24)22-15-7-5-6-8-16(15)27-18(20)21/h5-11,18H,3-4H2,1-2H3,(H,22,24). The van der Waals surface area contributed by atoms with Gasteiger partial charge in [0.05, 0.1) is 16.1 Å². The van der Waals surface area contributed by atoms with Crippen molar-refractivity contribution >= 4 is 33.4 Å². The van der Waals surface area contributed by atoms with Gasteiger partial charge in [-0.25, -0.2) is 12.8 Å². The molecule has 1 N–H and O–H groups in total. The number of nitrogens with one attached hydrogen (secondary N) is 1. The number of sulfonamides is 1. The van der Waals surface area contributed by atoms with E-state index in [1.54, 1.807) is 13.8 Å². The Kier molecular flexibility index (Phi) is 7.50. The van der Waals surface area contributed by atoms with Gasteiger partial charge in [-0.1, -0.05) is 37.7 Å². The number of hydrogen-bond donors (Lipinski definition) is 1. The van der Waals surface area contributed by atoms with E-state index in [1.165, 1.54) is 28.6 Å². The lowest BCUT2D eigenvalue weighted by Gasteiger charge is -2.19. The van der Waals surface area contributed by atoms with Crippen molar-refractivity contribution in [2.75, 3.05) is 18.4 Å². The number of carbonyl (C=O) groups excluding carboxylic acids is 1. The quantitative estimate of drug-likeness (QED) is 0.627. The van der Waals surface area contributed by atoms with Crippen molar-refractivity contribution in [2.45, 2.75) is 29.4 Å². The fraction of sp³-hybridized carbons (Fsp3) is 0.278. The van der Waals surface area contributed by atoms with Crippen LogP contribution in [0.3, 0.4) is 0 Å². The van der Waals surface area contributed by atoms with E-state index in [9.17, 15) is 26.4 Å². The first-order valence-corrected chi connectivity index (χ1v) is 10.7. The van der Waals surface area contributed by atoms with E-state index in [0.717, 1.165) is 18.2 Å². The maximum Gasteiger partial charge on any atom is 0.288 e. The average molecular weight is 432 g/mol. The van der Waals surface area contributed by atoms with Crippen LogP contribution in [-0.2, 0) is 10.0 Å². The first-order chi connectivity index (χ1) is 13.2. The van der Waals surface area contributed by atoms with Gasteiger partial charge in [0.15, 0.2) is 0 Å². The van der Waals surface area contributed by atoms with Crippen molar-refractivity contribution in [3.63, 3.8) is 0 Å². The third kappa shape index (κ3) is 5.06. The lowest BCUT2D eigenvalue weighted by atomic mass is 10.2. The monoisotopic (exact) mass is 432 g/mol. The zero-order chi connectivity index (χ0) is 20.9. The Labute approximate surface area is 166 Å². The van der Waals surface area contributed by atoms with Crippen LogP contribution in [-0.4, -0.2) is 37.5 Å². The molecule has 0 fully saturated rings. The molecule has 2 aromatic rings. The minimum Gasteiger partial charge on any atom is -0.321 e. The average Bonchev–Trinajstić information content (AvgIpc) is 2.63. The van der Waals surface area contributed by atoms with Crippen LogP contribution >= 0.6 is 11.8 Å². The smallest absolute Gasteiger partial charge is 0.288 e. The molecule has 0 aliphatic heterocycles. The second kappa shape index (κ2) is 9.44. The summed E-state index contributed by atoms with van der Waals surface area (Å²) in [7, 11) is -3.89. The van der Waals surface area contributed by atoms with Crippen LogP contribution in [0.25, 0.3) is 0 Å². The van der Waals surface area contributed by atoms with Gasteiger partial charge in [-0.05, 0) is 30.3 Å². The maximum absolute atomic E-state index is 14.2. The molecule has 0 saturated carbocycles. The van der Waals surface area contributed by atoms with Crippen LogP contribution in [0.2, 0.25) is 0 Å². The lowest BCUT2D eigenvalue weighted by molar-refractivity contribution is 0.102. The number of anilines is 1. The minimum absolute atomic E-state index is 0.0780. The summed E-state index contributed by atoms with van der Waals surface area (Å²) in [6.45, 7) is 3.76. The molecule has 28 heavy (non-hydrogen) atoms. The fourth-order valence-corrected chi connectivity index (χ4v) is 4.59. The number of para-hydroxylation sites is 1. The number of benzene rings is 2. The van der Waals surface area contributed by atoms with Gasteiger partial charge in [-0.3, -0.25) is 4.79 Å². The summed E-state index contributed by atoms with van der Waals surface area (Å²) in [5.74, 6) is -4.55. The molecule has 2 aromatic carbocycles. The summed E-state index contributed by atoms with van der Waals surface area (Å²) in [4.78, 5) is 12.4. The predicted molar refractivity (Wildman–Crippen MR) is 103 cm³/mol. The number of carbonyl (C=O) groups is 1. The summed E-state index contributed by atoms with van der Waals surface area (Å²) in [6.07, 6.45) is 0. The molecular formula is C18H19F3N2O3S2. The number of alkyl halides is 2. The Morgan fingerprint density at radius 2 is 1.79 bits per heavy atom. The zero-order valence-electron chi connectivity index (χ0n) is 15.2. The van der Waals surface area contributed by atoms with Crippen molar-refractivity contribution in [1.29, 1.82) is 0 Å². The normalized spacial score (nSPS) is 11.8. The molecule has 0 spiro atoms. The molecular weight excluding hydrogens is 413 g/mol. The van der Waals surface area contributed by atoms with Crippen molar-refractivity contribution in [3.05, 3.63) is 53.8 Å². The van der Waals surface area contributed by atoms with Crippen LogP contribution in [0.5, 0.6) is 0 Å². The van der Waals surface area contributed by atoms with E-state index in [0.29, 0.717) is 0 Å². The predicted octanol–water partition coefficient (Wildman–Crippen LogP) is 4.42. The highest BCUT2D eigenvalue weighted by atomic mass is 32.2. The van der Waals surface area contributed by atoms with E-state index in [-0.39, 0.29) is 40.3 Å². The van der Waals surface area contributed by atoms with E-state index in [2.05, 4.69) is 5.32 Å². The Hall–Kier alpha value is -2.04. The van der Waals surface area contributed by atoms with Gasteiger partial charge in [-0.2, -0.15) is 13.1 Å². The molecule has 5 nitrogen and oxygen atoms in total. The highest BCUT2D eigenvalue weighted by molar-refractivity contribution is 7.99. The number of thioether (sulfide) groups is 1. The zero-order valence-corrected chi connectivity index (χ0v) is 16.8. The number of nitrogens with zero attached hydrogens (tertiary/aromatic N) is 1. The molecule has 2 rings (SSSR count). The van der Waals surface area contributed by atoms with Gasteiger partial charge >= 0.3 is 0 Å². The summed E-state index contributed by atoms with van der Waals surface area (Å²) < 4.78 is 65.9. The Morgan fingerprint density at radius 1 is 1.14 bits per heavy atom. The van der Waals surface area contributed by atoms with Gasteiger partial charge in [0, 0.05) is 18.0 Å². The Bertz CT molecular complexity index is 949. The number of amides is 1. The molecule has 0 unspecified atom stereocenters. The molecule has 0 aliphatic carbocycles. The molecule has 1 amide bonds. The summed E-state index contributed by atoms with van der Waals surface area (Å²) in [5, 5.41) is 2.37. The van der Waals surface area contributed by atoms with Crippen LogP contribution in [0, 0.1) is 5.82 Å². The molecule has 0 aromatic heterocycles. The fourth-order valence-electron chi connectivity index (χ4n) is 2.51. The van der Waals surface area contributed by atoms with Gasteiger partial charge in [-0.15, -0.1) is 0 Å². The Morgan fingerprint density at radius 3 is 2.39 bits per heavy atom. The van der Waals surface area contributed by atoms with Gasteiger partial charge in [0.25, 0.3) is 11.7 Å². The molecule has 10 heteroatoms. The largest absolute Gasteiger partial charge is 0.321 e. The second-order valence-corrected chi connectivity index (χ2v) is 8.53. The van der Waals surface area contributed by atoms with Crippen LogP contribution in [0.1, 0.15) is 24.2 Å². The topological polar surface area (TPSA) is 66.5 Å². The molecule has 152 valence electrons. The third-order valence-corrected chi connectivity index (χ3v) is 6.71. The first kappa shape index (κ1) is 22.3. The van der Waals surface area contributed by atoms with Crippen molar-refractivity contribution in [3.8, 4) is 0 Å². The third-order valence-electron chi connectivity index (χ3n) is 3.88. The molecule has 0 aliphatic rings. The highest BCUT2D eigenvalue weighted by Crippen LogP contribution is 2.32. The summed E-state index contributed by atoms with van der Waals surface area (Å²) in [5.41, 5.74) is -0.417. The van der Waals surface area contributed by atoms with E-state index >= 15 is 0 Å². The molecule has 0 saturated heterocycles. The van der Waals surface area contributed by atoms with Gasteiger partial charge in [0.2, 0.25) is 10.0 Å². The molecule has 0 bridgehead atoms. The van der Waals surface area contributed by atoms with Crippen LogP contribution in [0.15, 0.2) is 52.3 Å². The van der Waals surface area contributed by atoms with Crippen molar-refractivity contribution in [2.24, 2.45) is 0 Å². The molecule has 0 radical (unpaired) electrons. The lowest BCUT2D eigenvalue weighted by Crippen LogP contribution is -2.31. The number of rotatable bonds is 8. The minimum atomic E-state index is -3.89. The number of halogens is 3. The van der Waals surface area contributed by atoms with Crippen LogP contribution < -0.4 is 5.32 Å². The first-order valence-electron chi connectivity index (χ1n) is 8.35. The second-order valence-electron chi connectivity index (χ2n) is 5.56. The van der Waals surface area contributed by atoms with Crippen molar-refractivity contribution < 1.29 is 26.4 Å². The Balaban J connectivity index is 2.37. The van der Waals surface area contributed by atoms with Gasteiger partial charge < -0.3 is 5.32 Å².